The second-order valence-corrected chi connectivity index (χ2v) is 10.8. The predicted octanol–water partition coefficient (Wildman–Crippen LogP) is 2.34. The average Bonchev–Trinajstić information content (AvgIpc) is 3.84. The molecule has 0 unspecified atom stereocenters. The van der Waals surface area contributed by atoms with E-state index in [4.69, 9.17) is 42.6 Å². The van der Waals surface area contributed by atoms with Crippen LogP contribution >= 0.6 is 0 Å². The van der Waals surface area contributed by atoms with Crippen LogP contribution in [0.1, 0.15) is 40.3 Å². The number of aliphatic hydroxyl groups excluding tert-OH is 1. The first-order valence-corrected chi connectivity index (χ1v) is 14.8. The van der Waals surface area contributed by atoms with E-state index >= 15 is 4.39 Å². The molecule has 0 aliphatic carbocycles. The highest BCUT2D eigenvalue weighted by atomic mass is 19.1. The molecular formula is C30H28FN5O14. The number of aromatic amines is 1. The smallest absolute Gasteiger partial charge is 0.339 e. The maximum absolute atomic E-state index is 16.3. The average molecular weight is 702 g/mol. The van der Waals surface area contributed by atoms with E-state index in [2.05, 4.69) is 10.0 Å². The quantitative estimate of drug-likeness (QED) is 0.126. The zero-order chi connectivity index (χ0) is 35.7. The third-order valence-corrected chi connectivity index (χ3v) is 7.91. The first kappa shape index (κ1) is 33.9. The first-order valence-electron chi connectivity index (χ1n) is 14.8. The molecule has 0 radical (unpaired) electrons. The topological polar surface area (TPSA) is 241 Å². The van der Waals surface area contributed by atoms with E-state index in [-0.39, 0.29) is 71.4 Å². The monoisotopic (exact) mass is 701 g/mol. The molecule has 20 heteroatoms. The number of esters is 2. The number of carbonyl (C=O) groups excluding carboxylic acids is 2. The highest BCUT2D eigenvalue weighted by molar-refractivity contribution is 6.08. The van der Waals surface area contributed by atoms with Crippen LogP contribution in [0.4, 0.5) is 4.39 Å². The fourth-order valence-electron chi connectivity index (χ4n) is 5.73. The number of halogens is 1. The van der Waals surface area contributed by atoms with Crippen molar-refractivity contribution in [2.24, 2.45) is 5.11 Å². The Kier molecular flexibility index (Phi) is 9.15. The summed E-state index contributed by atoms with van der Waals surface area (Å²) in [6, 6.07) is 3.40. The number of alkyl halides is 1. The van der Waals surface area contributed by atoms with Crippen LogP contribution in [0.2, 0.25) is 0 Å². The Morgan fingerprint density at radius 2 is 1.66 bits per heavy atom. The Morgan fingerprint density at radius 3 is 2.18 bits per heavy atom. The molecule has 3 aliphatic rings. The van der Waals surface area contributed by atoms with Gasteiger partial charge in [-0.2, -0.15) is 0 Å². The van der Waals surface area contributed by atoms with Crippen molar-refractivity contribution in [2.45, 2.75) is 37.6 Å². The van der Waals surface area contributed by atoms with E-state index in [1.807, 2.05) is 4.98 Å². The van der Waals surface area contributed by atoms with E-state index in [0.717, 1.165) is 12.3 Å². The number of benzene rings is 2. The van der Waals surface area contributed by atoms with E-state index in [0.29, 0.717) is 11.0 Å². The Bertz CT molecular complexity index is 2030. The van der Waals surface area contributed by atoms with Gasteiger partial charge >= 0.3 is 17.6 Å². The zero-order valence-corrected chi connectivity index (χ0v) is 26.5. The summed E-state index contributed by atoms with van der Waals surface area (Å²) in [4.78, 5) is 56.6. The molecule has 3 aromatic rings. The lowest BCUT2D eigenvalue weighted by molar-refractivity contribution is -0.126. The summed E-state index contributed by atoms with van der Waals surface area (Å²) < 4.78 is 67.2. The maximum atomic E-state index is 16.3. The third-order valence-electron chi connectivity index (χ3n) is 7.91. The standard InChI is InChI=1S/C30H28FN5O14/c1-4-7-44-27(39)13-8-15-21(47-11-45-15)23(42-2)18(13)19-14(9-16-22(24(19)43-3)48-12-46-16)28(40)49-25-20(31)26(50-30(25,10-37)34-35-32)36-6-5-17(38)33-29(36)41/h5-6,8-9,20,25-26,37H,4,7,10-12H2,1-3H3,(H,33,38,41)/t20-,25-,26+,30+/m0/s1. The van der Waals surface area contributed by atoms with Crippen molar-refractivity contribution in [3.05, 3.63) is 66.8 Å². The van der Waals surface area contributed by atoms with Crippen LogP contribution in [0.3, 0.4) is 0 Å². The minimum absolute atomic E-state index is 0.00650. The molecule has 264 valence electrons. The van der Waals surface area contributed by atoms with Crippen molar-refractivity contribution >= 4 is 11.9 Å². The number of aromatic nitrogens is 2. The number of nitrogens with zero attached hydrogens (tertiary/aromatic N) is 4. The molecular weight excluding hydrogens is 673 g/mol. The van der Waals surface area contributed by atoms with Gasteiger partial charge in [-0.05, 0) is 24.1 Å². The Balaban J connectivity index is 1.54. The van der Waals surface area contributed by atoms with Crippen LogP contribution < -0.4 is 39.7 Å². The number of hydrogen-bond donors (Lipinski definition) is 2. The lowest BCUT2D eigenvalue weighted by atomic mass is 9.91. The van der Waals surface area contributed by atoms with Crippen LogP contribution in [0.25, 0.3) is 21.6 Å². The van der Waals surface area contributed by atoms with Gasteiger partial charge in [0.25, 0.3) is 5.56 Å². The fraction of sp³-hybridized carbons (Fsp3) is 0.400. The number of fused-ring (bicyclic) bond motifs is 2. The van der Waals surface area contributed by atoms with Gasteiger partial charge in [0.05, 0.1) is 38.6 Å². The summed E-state index contributed by atoms with van der Waals surface area (Å²) in [5.74, 6) is -2.19. The molecule has 0 bridgehead atoms. The van der Waals surface area contributed by atoms with Crippen LogP contribution in [-0.2, 0) is 14.2 Å². The summed E-state index contributed by atoms with van der Waals surface area (Å²) in [5, 5.41) is 13.7. The fourth-order valence-corrected chi connectivity index (χ4v) is 5.73. The molecule has 6 rings (SSSR count). The number of rotatable bonds is 11. The Morgan fingerprint density at radius 1 is 1.06 bits per heavy atom. The molecule has 2 aromatic carbocycles. The number of nitrogens with one attached hydrogen (secondary N) is 1. The van der Waals surface area contributed by atoms with Crippen molar-refractivity contribution in [2.75, 3.05) is 41.0 Å². The van der Waals surface area contributed by atoms with Crippen LogP contribution in [-0.4, -0.2) is 85.6 Å². The van der Waals surface area contributed by atoms with Gasteiger partial charge in [-0.15, -0.1) is 0 Å². The summed E-state index contributed by atoms with van der Waals surface area (Å²) in [6.45, 7) is 0.0772. The van der Waals surface area contributed by atoms with Gasteiger partial charge in [-0.25, -0.2) is 18.8 Å². The number of H-pyrrole nitrogens is 1. The van der Waals surface area contributed by atoms with Crippen molar-refractivity contribution < 1.29 is 61.7 Å². The minimum Gasteiger partial charge on any atom is -0.492 e. The van der Waals surface area contributed by atoms with E-state index in [9.17, 15) is 29.8 Å². The van der Waals surface area contributed by atoms with Gasteiger partial charge in [0, 0.05) is 28.3 Å². The molecule has 1 aromatic heterocycles. The first-order chi connectivity index (χ1) is 24.1. The number of ether oxygens (including phenoxy) is 9. The minimum atomic E-state index is -2.60. The number of methoxy groups -OCH3 is 2. The van der Waals surface area contributed by atoms with Gasteiger partial charge in [0.1, 0.15) is 0 Å². The SMILES string of the molecule is CCCOC(=O)c1cc2c(c(OC)c1-c1c(C(=O)O[C@H]3[C@H](F)[C@H](n4ccc(=O)[nH]c4=O)O[C@@]3(CO)N=[N+]=[N-])cc3c(c1OC)OCO3)OCO2. The largest absolute Gasteiger partial charge is 0.492 e. The molecule has 4 heterocycles. The molecule has 3 aliphatic heterocycles. The second kappa shape index (κ2) is 13.5. The predicted molar refractivity (Wildman–Crippen MR) is 162 cm³/mol. The van der Waals surface area contributed by atoms with E-state index in [1.165, 1.54) is 26.4 Å². The third kappa shape index (κ3) is 5.54. The normalized spacial score (nSPS) is 21.3. The molecule has 1 saturated heterocycles. The van der Waals surface area contributed by atoms with Crippen molar-refractivity contribution in [1.29, 1.82) is 0 Å². The van der Waals surface area contributed by atoms with E-state index in [1.54, 1.807) is 6.92 Å². The summed E-state index contributed by atoms with van der Waals surface area (Å²) in [7, 11) is 2.52. The number of aliphatic hydroxyl groups is 1. The summed E-state index contributed by atoms with van der Waals surface area (Å²) >= 11 is 0. The van der Waals surface area contributed by atoms with Crippen LogP contribution in [0, 0.1) is 0 Å². The van der Waals surface area contributed by atoms with Crippen molar-refractivity contribution in [3.63, 3.8) is 0 Å². The van der Waals surface area contributed by atoms with Gasteiger partial charge in [0.2, 0.25) is 30.8 Å². The van der Waals surface area contributed by atoms with Crippen molar-refractivity contribution in [1.82, 2.24) is 9.55 Å². The Hall–Kier alpha value is -5.98. The molecule has 19 nitrogen and oxygen atoms in total. The van der Waals surface area contributed by atoms with Gasteiger partial charge in [0.15, 0.2) is 41.5 Å². The van der Waals surface area contributed by atoms with Crippen molar-refractivity contribution in [3.8, 4) is 45.6 Å². The molecule has 50 heavy (non-hydrogen) atoms. The molecule has 1 fully saturated rings. The number of azide groups is 1. The number of hydrogen-bond acceptors (Lipinski definition) is 15. The molecule has 0 spiro atoms. The molecule has 2 N–H and O–H groups in total. The Labute approximate surface area is 279 Å². The zero-order valence-electron chi connectivity index (χ0n) is 26.5. The summed E-state index contributed by atoms with van der Waals surface area (Å²) in [5.41, 5.74) is 3.97. The number of carbonyl (C=O) groups is 2. The summed E-state index contributed by atoms with van der Waals surface area (Å²) in [6.07, 6.45) is -5.23. The lowest BCUT2D eigenvalue weighted by Gasteiger charge is -2.27. The van der Waals surface area contributed by atoms with Gasteiger partial charge < -0.3 is 47.7 Å². The van der Waals surface area contributed by atoms with Gasteiger partial charge in [-0.1, -0.05) is 12.0 Å². The highest BCUT2D eigenvalue weighted by Gasteiger charge is 2.59. The molecule has 0 amide bonds. The lowest BCUT2D eigenvalue weighted by Crippen LogP contribution is -2.46. The van der Waals surface area contributed by atoms with Crippen LogP contribution in [0.5, 0.6) is 34.5 Å². The van der Waals surface area contributed by atoms with Crippen LogP contribution in [0.15, 0.2) is 39.1 Å². The molecule has 4 atom stereocenters. The second-order valence-electron chi connectivity index (χ2n) is 10.8. The molecule has 0 saturated carbocycles. The highest BCUT2D eigenvalue weighted by Crippen LogP contribution is 2.56. The maximum Gasteiger partial charge on any atom is 0.339 e. The van der Waals surface area contributed by atoms with Gasteiger partial charge in [-0.3, -0.25) is 14.3 Å². The van der Waals surface area contributed by atoms with E-state index < -0.39 is 59.6 Å².